The Bertz CT molecular complexity index is 560. The van der Waals surface area contributed by atoms with Gasteiger partial charge in [-0.15, -0.1) is 0 Å². The van der Waals surface area contributed by atoms with E-state index in [0.29, 0.717) is 5.92 Å². The second-order valence-corrected chi connectivity index (χ2v) is 5.47. The zero-order chi connectivity index (χ0) is 12.5. The molecule has 0 amide bonds. The van der Waals surface area contributed by atoms with E-state index in [1.54, 1.807) is 0 Å². The molecule has 1 aliphatic carbocycles. The average Bonchev–Trinajstić information content (AvgIpc) is 3.11. The van der Waals surface area contributed by atoms with Crippen molar-refractivity contribution in [3.8, 4) is 0 Å². The van der Waals surface area contributed by atoms with Gasteiger partial charge in [0.1, 0.15) is 5.82 Å². The van der Waals surface area contributed by atoms with Gasteiger partial charge >= 0.3 is 0 Å². The second kappa shape index (κ2) is 4.57. The van der Waals surface area contributed by atoms with Gasteiger partial charge in [0.05, 0.1) is 0 Å². The van der Waals surface area contributed by atoms with Crippen LogP contribution in [0.15, 0.2) is 18.2 Å². The van der Waals surface area contributed by atoms with Crippen LogP contribution in [0.3, 0.4) is 0 Å². The molecule has 0 radical (unpaired) electrons. The second-order valence-electron chi connectivity index (χ2n) is 4.72. The van der Waals surface area contributed by atoms with Crippen LogP contribution in [0.5, 0.6) is 0 Å². The zero-order valence-electron chi connectivity index (χ0n) is 10.3. The van der Waals surface area contributed by atoms with Crippen LogP contribution in [0, 0.1) is 6.92 Å². The minimum Gasteiger partial charge on any atom is -0.399 e. The molecule has 94 valence electrons. The first-order valence-electron chi connectivity index (χ1n) is 6.15. The molecule has 1 heterocycles. The molecule has 0 atom stereocenters. The van der Waals surface area contributed by atoms with Crippen LogP contribution in [0.25, 0.3) is 0 Å². The summed E-state index contributed by atoms with van der Waals surface area (Å²) in [7, 11) is 0. The highest BCUT2D eigenvalue weighted by atomic mass is 32.1. The molecule has 3 N–H and O–H groups in total. The van der Waals surface area contributed by atoms with Gasteiger partial charge in [0.2, 0.25) is 5.13 Å². The van der Waals surface area contributed by atoms with Crippen molar-refractivity contribution in [1.82, 2.24) is 9.36 Å². The first-order chi connectivity index (χ1) is 8.74. The summed E-state index contributed by atoms with van der Waals surface area (Å²) in [5, 5.41) is 4.22. The van der Waals surface area contributed by atoms with E-state index in [0.717, 1.165) is 28.8 Å². The minimum absolute atomic E-state index is 0.617. The molecule has 3 rings (SSSR count). The molecular weight excluding hydrogens is 244 g/mol. The molecule has 0 unspecified atom stereocenters. The lowest BCUT2D eigenvalue weighted by atomic mass is 10.1. The maximum atomic E-state index is 5.89. The highest BCUT2D eigenvalue weighted by molar-refractivity contribution is 7.09. The number of hydrogen-bond acceptors (Lipinski definition) is 5. The van der Waals surface area contributed by atoms with Crippen LogP contribution in [0.4, 0.5) is 10.8 Å². The topological polar surface area (TPSA) is 63.8 Å². The van der Waals surface area contributed by atoms with E-state index in [9.17, 15) is 0 Å². The van der Waals surface area contributed by atoms with Crippen molar-refractivity contribution in [2.24, 2.45) is 0 Å². The van der Waals surface area contributed by atoms with E-state index >= 15 is 0 Å². The van der Waals surface area contributed by atoms with E-state index in [1.807, 2.05) is 19.1 Å². The molecule has 1 aromatic carbocycles. The number of hydrogen-bond donors (Lipinski definition) is 2. The van der Waals surface area contributed by atoms with Crippen molar-refractivity contribution in [2.45, 2.75) is 32.2 Å². The van der Waals surface area contributed by atoms with Crippen LogP contribution in [-0.2, 0) is 6.54 Å². The maximum Gasteiger partial charge on any atom is 0.202 e. The maximum absolute atomic E-state index is 5.89. The smallest absolute Gasteiger partial charge is 0.202 e. The molecule has 1 aliphatic rings. The van der Waals surface area contributed by atoms with Gasteiger partial charge in [0.25, 0.3) is 0 Å². The third-order valence-corrected chi connectivity index (χ3v) is 3.99. The highest BCUT2D eigenvalue weighted by Crippen LogP contribution is 2.39. The molecule has 2 aromatic rings. The third kappa shape index (κ3) is 2.31. The summed E-state index contributed by atoms with van der Waals surface area (Å²) in [6.07, 6.45) is 2.48. The van der Waals surface area contributed by atoms with Crippen molar-refractivity contribution in [3.05, 3.63) is 35.2 Å². The Morgan fingerprint density at radius 1 is 1.44 bits per heavy atom. The Hall–Kier alpha value is -1.62. The number of nitrogens with zero attached hydrogens (tertiary/aromatic N) is 2. The first kappa shape index (κ1) is 11.5. The molecule has 1 fully saturated rings. The van der Waals surface area contributed by atoms with Gasteiger partial charge in [-0.25, -0.2) is 4.98 Å². The Morgan fingerprint density at radius 2 is 2.28 bits per heavy atom. The molecule has 0 spiro atoms. The summed E-state index contributed by atoms with van der Waals surface area (Å²) < 4.78 is 4.37. The Morgan fingerprint density at radius 3 is 3.06 bits per heavy atom. The van der Waals surface area contributed by atoms with E-state index < -0.39 is 0 Å². The summed E-state index contributed by atoms with van der Waals surface area (Å²) in [4.78, 5) is 4.50. The number of aromatic nitrogens is 2. The van der Waals surface area contributed by atoms with Crippen molar-refractivity contribution in [3.63, 3.8) is 0 Å². The molecular formula is C13H16N4S. The number of nitrogens with one attached hydrogen (secondary N) is 1. The van der Waals surface area contributed by atoms with Gasteiger partial charge in [-0.05, 0) is 37.0 Å². The van der Waals surface area contributed by atoms with Gasteiger partial charge < -0.3 is 11.1 Å². The fourth-order valence-electron chi connectivity index (χ4n) is 1.88. The number of nitrogen functional groups attached to an aromatic ring is 1. The van der Waals surface area contributed by atoms with Crippen LogP contribution in [-0.4, -0.2) is 9.36 Å². The molecule has 0 saturated heterocycles. The summed E-state index contributed by atoms with van der Waals surface area (Å²) in [5.74, 6) is 1.62. The van der Waals surface area contributed by atoms with E-state index in [1.165, 1.54) is 29.9 Å². The molecule has 0 bridgehead atoms. The summed E-state index contributed by atoms with van der Waals surface area (Å²) >= 11 is 1.44. The number of benzene rings is 1. The molecule has 4 nitrogen and oxygen atoms in total. The van der Waals surface area contributed by atoms with E-state index in [4.69, 9.17) is 5.73 Å². The van der Waals surface area contributed by atoms with Gasteiger partial charge in [-0.2, -0.15) is 4.37 Å². The fraction of sp³-hybridized carbons (Fsp3) is 0.385. The molecule has 1 aromatic heterocycles. The van der Waals surface area contributed by atoms with Crippen molar-refractivity contribution >= 4 is 22.4 Å². The largest absolute Gasteiger partial charge is 0.399 e. The minimum atomic E-state index is 0.617. The Kier molecular flexibility index (Phi) is 2.91. The van der Waals surface area contributed by atoms with Crippen LogP contribution < -0.4 is 11.1 Å². The summed E-state index contributed by atoms with van der Waals surface area (Å²) in [5.41, 5.74) is 9.07. The normalized spacial score (nSPS) is 14.7. The van der Waals surface area contributed by atoms with Crippen LogP contribution >= 0.6 is 11.5 Å². The van der Waals surface area contributed by atoms with Gasteiger partial charge in [-0.1, -0.05) is 12.1 Å². The van der Waals surface area contributed by atoms with Crippen molar-refractivity contribution in [2.75, 3.05) is 11.1 Å². The predicted octanol–water partition coefficient (Wildman–Crippen LogP) is 2.92. The van der Waals surface area contributed by atoms with Crippen molar-refractivity contribution < 1.29 is 0 Å². The lowest BCUT2D eigenvalue weighted by Crippen LogP contribution is -2.03. The summed E-state index contributed by atoms with van der Waals surface area (Å²) in [6.45, 7) is 2.79. The highest BCUT2D eigenvalue weighted by Gasteiger charge is 2.27. The number of rotatable bonds is 4. The standard InChI is InChI=1S/C13H16N4S/c1-8-10(3-2-4-11(8)14)7-15-13-16-12(17-18-13)9-5-6-9/h2-4,9H,5-7,14H2,1H3,(H,15,16,17). The van der Waals surface area contributed by atoms with Gasteiger partial charge in [0, 0.05) is 29.7 Å². The first-order valence-corrected chi connectivity index (χ1v) is 6.93. The Labute approximate surface area is 110 Å². The SMILES string of the molecule is Cc1c(N)cccc1CNc1nc(C2CC2)ns1. The molecule has 5 heteroatoms. The number of nitrogens with two attached hydrogens (primary N) is 1. The molecule has 18 heavy (non-hydrogen) atoms. The van der Waals surface area contributed by atoms with Crippen molar-refractivity contribution in [1.29, 1.82) is 0 Å². The summed E-state index contributed by atoms with van der Waals surface area (Å²) in [6, 6.07) is 5.99. The van der Waals surface area contributed by atoms with E-state index in [2.05, 4.69) is 20.7 Å². The zero-order valence-corrected chi connectivity index (χ0v) is 11.1. The number of anilines is 2. The molecule has 0 aliphatic heterocycles. The Balaban J connectivity index is 1.67. The lowest BCUT2D eigenvalue weighted by Gasteiger charge is -2.08. The van der Waals surface area contributed by atoms with Crippen LogP contribution in [0.2, 0.25) is 0 Å². The third-order valence-electron chi connectivity index (χ3n) is 3.30. The molecule has 1 saturated carbocycles. The predicted molar refractivity (Wildman–Crippen MR) is 74.8 cm³/mol. The lowest BCUT2D eigenvalue weighted by molar-refractivity contribution is 0.979. The fourth-order valence-corrected chi connectivity index (χ4v) is 2.52. The monoisotopic (exact) mass is 260 g/mol. The van der Waals surface area contributed by atoms with Gasteiger partial charge in [0.15, 0.2) is 0 Å². The van der Waals surface area contributed by atoms with E-state index in [-0.39, 0.29) is 0 Å². The average molecular weight is 260 g/mol. The van der Waals surface area contributed by atoms with Gasteiger partial charge in [-0.3, -0.25) is 0 Å². The van der Waals surface area contributed by atoms with Crippen LogP contribution in [0.1, 0.15) is 35.7 Å². The quantitative estimate of drug-likeness (QED) is 0.830.